The number of alkyl halides is 1. The number of carbonyl (C=O) groups is 1. The zero-order valence-corrected chi connectivity index (χ0v) is 11.9. The van der Waals surface area contributed by atoms with Crippen LogP contribution in [0.15, 0.2) is 48.6 Å². The molecular weight excluding hydrogens is 292 g/mol. The van der Waals surface area contributed by atoms with Gasteiger partial charge < -0.3 is 5.11 Å². The molecule has 0 saturated carbocycles. The van der Waals surface area contributed by atoms with E-state index in [1.165, 1.54) is 0 Å². The third-order valence-electron chi connectivity index (χ3n) is 2.50. The van der Waals surface area contributed by atoms with Crippen LogP contribution in [0.4, 0.5) is 0 Å². The van der Waals surface area contributed by atoms with Crippen LogP contribution in [0.1, 0.15) is 29.3 Å². The number of carboxylic acid groups (broad SMARTS) is 1. The van der Waals surface area contributed by atoms with E-state index in [1.54, 1.807) is 0 Å². The number of hydrogen-bond acceptors (Lipinski definition) is 1. The van der Waals surface area contributed by atoms with Gasteiger partial charge in [0.25, 0.3) is 0 Å². The quantitative estimate of drug-likeness (QED) is 0.629. The number of aliphatic carboxylic acids is 1. The standard InChI is InChI=1S/C15H17BrO2/c1-2-3-4-5-6-8-12-9-7-10-13(11-12)14(16)15(17)18/h2-5,7,9-11,14H,6,8H2,1H3,(H,17,18). The molecule has 96 valence electrons. The highest BCUT2D eigenvalue weighted by Crippen LogP contribution is 2.23. The topological polar surface area (TPSA) is 37.3 Å². The lowest BCUT2D eigenvalue weighted by Crippen LogP contribution is -2.04. The van der Waals surface area contributed by atoms with Gasteiger partial charge in [0.2, 0.25) is 0 Å². The normalized spacial score (nSPS) is 13.2. The molecule has 0 amide bonds. The molecule has 18 heavy (non-hydrogen) atoms. The third kappa shape index (κ3) is 4.88. The molecule has 2 nitrogen and oxygen atoms in total. The second kappa shape index (κ2) is 7.88. The average Bonchev–Trinajstić information content (AvgIpc) is 2.38. The Morgan fingerprint density at radius 3 is 2.89 bits per heavy atom. The summed E-state index contributed by atoms with van der Waals surface area (Å²) >= 11 is 3.16. The van der Waals surface area contributed by atoms with Crippen molar-refractivity contribution < 1.29 is 9.90 Å². The molecule has 1 rings (SSSR count). The SMILES string of the molecule is CC=CC=CCCc1cccc(C(Br)C(=O)O)c1. The lowest BCUT2D eigenvalue weighted by atomic mass is 10.0. The van der Waals surface area contributed by atoms with Crippen molar-refractivity contribution in [1.82, 2.24) is 0 Å². The van der Waals surface area contributed by atoms with Crippen molar-refractivity contribution in [2.75, 3.05) is 0 Å². The minimum absolute atomic E-state index is 0.629. The summed E-state index contributed by atoms with van der Waals surface area (Å²) in [5.74, 6) is -0.861. The summed E-state index contributed by atoms with van der Waals surface area (Å²) in [6, 6.07) is 7.69. The van der Waals surface area contributed by atoms with Crippen LogP contribution in [0, 0.1) is 0 Å². The minimum Gasteiger partial charge on any atom is -0.480 e. The molecule has 0 spiro atoms. The summed E-state index contributed by atoms with van der Waals surface area (Å²) in [5.41, 5.74) is 1.95. The highest BCUT2D eigenvalue weighted by atomic mass is 79.9. The Balaban J connectivity index is 2.62. The highest BCUT2D eigenvalue weighted by molar-refractivity contribution is 9.09. The Kier molecular flexibility index (Phi) is 6.44. The summed E-state index contributed by atoms with van der Waals surface area (Å²) < 4.78 is 0. The lowest BCUT2D eigenvalue weighted by Gasteiger charge is -2.07. The van der Waals surface area contributed by atoms with Gasteiger partial charge in [0.15, 0.2) is 0 Å². The van der Waals surface area contributed by atoms with E-state index in [4.69, 9.17) is 5.11 Å². The van der Waals surface area contributed by atoms with Crippen molar-refractivity contribution >= 4 is 21.9 Å². The predicted molar refractivity (Wildman–Crippen MR) is 78.0 cm³/mol. The molecule has 1 atom stereocenters. The number of aryl methyl sites for hydroxylation is 1. The molecule has 0 aliphatic heterocycles. The fourth-order valence-corrected chi connectivity index (χ4v) is 1.87. The zero-order valence-electron chi connectivity index (χ0n) is 10.3. The molecule has 3 heteroatoms. The Morgan fingerprint density at radius 1 is 1.44 bits per heavy atom. The average molecular weight is 309 g/mol. The molecule has 0 saturated heterocycles. The van der Waals surface area contributed by atoms with E-state index in [-0.39, 0.29) is 0 Å². The Morgan fingerprint density at radius 2 is 2.22 bits per heavy atom. The molecule has 1 unspecified atom stereocenters. The Hall–Kier alpha value is -1.35. The molecule has 1 N–H and O–H groups in total. The number of allylic oxidation sites excluding steroid dienone is 4. The molecule has 0 radical (unpaired) electrons. The van der Waals surface area contributed by atoms with Gasteiger partial charge in [-0.05, 0) is 30.9 Å². The van der Waals surface area contributed by atoms with Gasteiger partial charge in [0.1, 0.15) is 4.83 Å². The molecule has 0 bridgehead atoms. The van der Waals surface area contributed by atoms with Gasteiger partial charge >= 0.3 is 5.97 Å². The van der Waals surface area contributed by atoms with E-state index in [1.807, 2.05) is 49.4 Å². The van der Waals surface area contributed by atoms with E-state index in [0.29, 0.717) is 0 Å². The maximum absolute atomic E-state index is 10.9. The summed E-state index contributed by atoms with van der Waals surface area (Å²) in [7, 11) is 0. The molecule has 0 aliphatic rings. The van der Waals surface area contributed by atoms with Gasteiger partial charge in [0, 0.05) is 0 Å². The lowest BCUT2D eigenvalue weighted by molar-refractivity contribution is -0.136. The van der Waals surface area contributed by atoms with Gasteiger partial charge in [-0.3, -0.25) is 4.79 Å². The second-order valence-electron chi connectivity index (χ2n) is 3.94. The maximum Gasteiger partial charge on any atom is 0.321 e. The van der Waals surface area contributed by atoms with Gasteiger partial charge in [-0.15, -0.1) is 0 Å². The fraction of sp³-hybridized carbons (Fsp3) is 0.267. The number of rotatable bonds is 6. The minimum atomic E-state index is -0.861. The Bertz CT molecular complexity index is 450. The molecule has 0 aromatic heterocycles. The van der Waals surface area contributed by atoms with Crippen molar-refractivity contribution in [2.45, 2.75) is 24.6 Å². The van der Waals surface area contributed by atoms with Gasteiger partial charge in [-0.2, -0.15) is 0 Å². The molecule has 0 heterocycles. The largest absolute Gasteiger partial charge is 0.480 e. The molecular formula is C15H17BrO2. The smallest absolute Gasteiger partial charge is 0.321 e. The molecule has 1 aromatic rings. The molecule has 0 aliphatic carbocycles. The molecule has 0 fully saturated rings. The number of hydrogen-bond donors (Lipinski definition) is 1. The first-order valence-corrected chi connectivity index (χ1v) is 6.80. The van der Waals surface area contributed by atoms with Gasteiger partial charge in [-0.25, -0.2) is 0 Å². The zero-order chi connectivity index (χ0) is 13.4. The first kappa shape index (κ1) is 14.7. The second-order valence-corrected chi connectivity index (χ2v) is 4.85. The monoisotopic (exact) mass is 308 g/mol. The summed E-state index contributed by atoms with van der Waals surface area (Å²) in [5, 5.41) is 8.93. The first-order valence-electron chi connectivity index (χ1n) is 5.88. The Labute approximate surface area is 116 Å². The van der Waals surface area contributed by atoms with Crippen LogP contribution in [0.5, 0.6) is 0 Å². The van der Waals surface area contributed by atoms with Gasteiger partial charge in [0.05, 0.1) is 0 Å². The third-order valence-corrected chi connectivity index (χ3v) is 3.42. The summed E-state index contributed by atoms with van der Waals surface area (Å²) in [4.78, 5) is 10.2. The van der Waals surface area contributed by atoms with Crippen molar-refractivity contribution in [3.05, 3.63) is 59.7 Å². The van der Waals surface area contributed by atoms with Crippen LogP contribution < -0.4 is 0 Å². The van der Waals surface area contributed by atoms with E-state index >= 15 is 0 Å². The van der Waals surface area contributed by atoms with Crippen LogP contribution in [0.25, 0.3) is 0 Å². The van der Waals surface area contributed by atoms with E-state index in [0.717, 1.165) is 24.0 Å². The first-order chi connectivity index (χ1) is 8.65. The van der Waals surface area contributed by atoms with Crippen molar-refractivity contribution in [1.29, 1.82) is 0 Å². The maximum atomic E-state index is 10.9. The number of carboxylic acids is 1. The summed E-state index contributed by atoms with van der Waals surface area (Å²) in [6.07, 6.45) is 9.98. The van der Waals surface area contributed by atoms with E-state index in [2.05, 4.69) is 22.0 Å². The van der Waals surface area contributed by atoms with Crippen LogP contribution >= 0.6 is 15.9 Å². The van der Waals surface area contributed by atoms with Crippen LogP contribution in [-0.2, 0) is 11.2 Å². The van der Waals surface area contributed by atoms with E-state index < -0.39 is 10.8 Å². The fourth-order valence-electron chi connectivity index (χ4n) is 1.58. The van der Waals surface area contributed by atoms with Crippen molar-refractivity contribution in [3.8, 4) is 0 Å². The van der Waals surface area contributed by atoms with Crippen LogP contribution in [0.2, 0.25) is 0 Å². The predicted octanol–water partition coefficient (Wildman–Crippen LogP) is 4.27. The van der Waals surface area contributed by atoms with Crippen LogP contribution in [0.3, 0.4) is 0 Å². The van der Waals surface area contributed by atoms with Crippen molar-refractivity contribution in [2.24, 2.45) is 0 Å². The van der Waals surface area contributed by atoms with E-state index in [9.17, 15) is 4.79 Å². The molecule has 1 aromatic carbocycles. The number of halogens is 1. The highest BCUT2D eigenvalue weighted by Gasteiger charge is 2.15. The summed E-state index contributed by atoms with van der Waals surface area (Å²) in [6.45, 7) is 1.98. The number of benzene rings is 1. The van der Waals surface area contributed by atoms with Crippen molar-refractivity contribution in [3.63, 3.8) is 0 Å². The van der Waals surface area contributed by atoms with Crippen LogP contribution in [-0.4, -0.2) is 11.1 Å². The van der Waals surface area contributed by atoms with Gasteiger partial charge in [-0.1, -0.05) is 64.5 Å².